The summed E-state index contributed by atoms with van der Waals surface area (Å²) in [5.41, 5.74) is 5.09. The number of methoxy groups -OCH3 is 1. The molecule has 0 heterocycles. The highest BCUT2D eigenvalue weighted by Crippen LogP contribution is 2.30. The molecule has 0 aliphatic rings. The number of nitrogens with two attached hydrogens (primary N) is 1. The van der Waals surface area contributed by atoms with E-state index in [-0.39, 0.29) is 29.4 Å². The highest BCUT2D eigenvalue weighted by molar-refractivity contribution is 5.96. The summed E-state index contributed by atoms with van der Waals surface area (Å²) in [7, 11) is 1.45. The van der Waals surface area contributed by atoms with Crippen molar-refractivity contribution >= 4 is 11.8 Å². The molecule has 0 unspecified atom stereocenters. The predicted octanol–water partition coefficient (Wildman–Crippen LogP) is 1.09. The minimum atomic E-state index is -0.643. The molecular formula is C14H20N2O4. The molecule has 2 amide bonds. The lowest BCUT2D eigenvalue weighted by Crippen LogP contribution is -2.43. The maximum absolute atomic E-state index is 11.7. The van der Waals surface area contributed by atoms with Crippen LogP contribution in [-0.4, -0.2) is 31.1 Å². The molecule has 0 radical (unpaired) electrons. The van der Waals surface area contributed by atoms with Crippen LogP contribution in [0.25, 0.3) is 0 Å². The van der Waals surface area contributed by atoms with Gasteiger partial charge in [0.25, 0.3) is 11.8 Å². The number of amides is 2. The van der Waals surface area contributed by atoms with Crippen molar-refractivity contribution in [3.05, 3.63) is 23.8 Å². The fourth-order valence-electron chi connectivity index (χ4n) is 1.61. The smallest absolute Gasteiger partial charge is 0.258 e. The third kappa shape index (κ3) is 4.46. The van der Waals surface area contributed by atoms with Gasteiger partial charge in [-0.15, -0.1) is 0 Å². The van der Waals surface area contributed by atoms with Crippen LogP contribution in [0.1, 0.15) is 31.1 Å². The summed E-state index contributed by atoms with van der Waals surface area (Å²) in [6.45, 7) is 5.37. The summed E-state index contributed by atoms with van der Waals surface area (Å²) in [6.07, 6.45) is 0. The number of hydrogen-bond acceptors (Lipinski definition) is 4. The summed E-state index contributed by atoms with van der Waals surface area (Å²) in [5, 5.41) is 2.75. The Bertz CT molecular complexity index is 506. The summed E-state index contributed by atoms with van der Waals surface area (Å²) in [4.78, 5) is 23.1. The van der Waals surface area contributed by atoms with Crippen molar-refractivity contribution in [2.75, 3.05) is 13.7 Å². The van der Waals surface area contributed by atoms with Crippen molar-refractivity contribution in [2.24, 2.45) is 5.73 Å². The number of ether oxygens (including phenoxy) is 2. The van der Waals surface area contributed by atoms with Crippen LogP contribution in [0.2, 0.25) is 0 Å². The summed E-state index contributed by atoms with van der Waals surface area (Å²) < 4.78 is 10.5. The molecule has 0 saturated heterocycles. The van der Waals surface area contributed by atoms with Crippen molar-refractivity contribution in [1.29, 1.82) is 0 Å². The largest absolute Gasteiger partial charge is 0.493 e. The quantitative estimate of drug-likeness (QED) is 0.844. The summed E-state index contributed by atoms with van der Waals surface area (Å²) in [5.74, 6) is -0.412. The zero-order valence-electron chi connectivity index (χ0n) is 12.1. The minimum absolute atomic E-state index is 0.173. The number of carbonyl (C=O) groups excluding carboxylic acids is 2. The topological polar surface area (TPSA) is 90.7 Å². The Morgan fingerprint density at radius 1 is 1.30 bits per heavy atom. The number of nitrogens with one attached hydrogen (secondary N) is 1. The number of carbonyl (C=O) groups is 2. The van der Waals surface area contributed by atoms with Gasteiger partial charge in [-0.3, -0.25) is 9.59 Å². The van der Waals surface area contributed by atoms with Gasteiger partial charge in [-0.1, -0.05) is 6.07 Å². The van der Waals surface area contributed by atoms with Gasteiger partial charge in [0.05, 0.1) is 12.7 Å². The fourth-order valence-corrected chi connectivity index (χ4v) is 1.61. The molecule has 0 spiro atoms. The van der Waals surface area contributed by atoms with Crippen molar-refractivity contribution < 1.29 is 19.1 Å². The molecule has 20 heavy (non-hydrogen) atoms. The molecule has 0 bridgehead atoms. The van der Waals surface area contributed by atoms with Crippen LogP contribution in [0.15, 0.2) is 18.2 Å². The first kappa shape index (κ1) is 15.8. The summed E-state index contributed by atoms with van der Waals surface area (Å²) in [6, 6.07) is 4.77. The van der Waals surface area contributed by atoms with Crippen LogP contribution >= 0.6 is 0 Å². The van der Waals surface area contributed by atoms with Gasteiger partial charge < -0.3 is 20.5 Å². The maximum Gasteiger partial charge on any atom is 0.258 e. The van der Waals surface area contributed by atoms with E-state index in [9.17, 15) is 9.59 Å². The first-order valence-electron chi connectivity index (χ1n) is 6.15. The normalized spacial score (nSPS) is 10.8. The van der Waals surface area contributed by atoms with E-state index in [1.54, 1.807) is 12.1 Å². The zero-order chi connectivity index (χ0) is 15.3. The number of hydrogen-bond donors (Lipinski definition) is 2. The monoisotopic (exact) mass is 280 g/mol. The van der Waals surface area contributed by atoms with Gasteiger partial charge in [0.15, 0.2) is 18.1 Å². The van der Waals surface area contributed by atoms with E-state index < -0.39 is 5.91 Å². The van der Waals surface area contributed by atoms with Gasteiger partial charge in [-0.05, 0) is 32.9 Å². The lowest BCUT2D eigenvalue weighted by molar-refractivity contribution is -0.124. The summed E-state index contributed by atoms with van der Waals surface area (Å²) >= 11 is 0. The average Bonchev–Trinajstić information content (AvgIpc) is 2.33. The van der Waals surface area contributed by atoms with Crippen molar-refractivity contribution in [1.82, 2.24) is 5.32 Å². The Morgan fingerprint density at radius 2 is 1.95 bits per heavy atom. The van der Waals surface area contributed by atoms with E-state index in [0.29, 0.717) is 5.75 Å². The van der Waals surface area contributed by atoms with Crippen molar-refractivity contribution in [3.63, 3.8) is 0 Å². The van der Waals surface area contributed by atoms with Gasteiger partial charge in [-0.2, -0.15) is 0 Å². The molecule has 3 N–H and O–H groups in total. The lowest BCUT2D eigenvalue weighted by Gasteiger charge is -2.21. The third-order valence-electron chi connectivity index (χ3n) is 2.33. The molecule has 1 rings (SSSR count). The molecule has 1 aromatic carbocycles. The zero-order valence-corrected chi connectivity index (χ0v) is 12.1. The van der Waals surface area contributed by atoms with Crippen LogP contribution in [-0.2, 0) is 4.79 Å². The van der Waals surface area contributed by atoms with E-state index in [2.05, 4.69) is 5.32 Å². The molecule has 0 atom stereocenters. The van der Waals surface area contributed by atoms with E-state index in [0.717, 1.165) is 0 Å². The molecular weight excluding hydrogens is 260 g/mol. The first-order chi connectivity index (χ1) is 9.24. The molecule has 110 valence electrons. The first-order valence-corrected chi connectivity index (χ1v) is 6.15. The van der Waals surface area contributed by atoms with Crippen LogP contribution in [0, 0.1) is 0 Å². The Labute approximate surface area is 118 Å². The molecule has 0 aliphatic heterocycles. The van der Waals surface area contributed by atoms with E-state index in [1.165, 1.54) is 13.2 Å². The Hall–Kier alpha value is -2.24. The van der Waals surface area contributed by atoms with Gasteiger partial charge in [-0.25, -0.2) is 0 Å². The van der Waals surface area contributed by atoms with Crippen LogP contribution in [0.5, 0.6) is 11.5 Å². The predicted molar refractivity (Wildman–Crippen MR) is 74.9 cm³/mol. The van der Waals surface area contributed by atoms with E-state index in [1.807, 2.05) is 20.8 Å². The number of rotatable bonds is 5. The molecule has 0 aliphatic carbocycles. The van der Waals surface area contributed by atoms with E-state index >= 15 is 0 Å². The number of benzene rings is 1. The molecule has 0 fully saturated rings. The van der Waals surface area contributed by atoms with Gasteiger partial charge in [0.2, 0.25) is 0 Å². The second-order valence-corrected chi connectivity index (χ2v) is 5.29. The molecule has 6 heteroatoms. The number of primary amides is 1. The Morgan fingerprint density at radius 3 is 2.45 bits per heavy atom. The highest BCUT2D eigenvalue weighted by atomic mass is 16.5. The minimum Gasteiger partial charge on any atom is -0.493 e. The average molecular weight is 280 g/mol. The van der Waals surface area contributed by atoms with Gasteiger partial charge in [0, 0.05) is 5.54 Å². The number of para-hydroxylation sites is 1. The second kappa shape index (κ2) is 6.27. The van der Waals surface area contributed by atoms with Gasteiger partial charge >= 0.3 is 0 Å². The SMILES string of the molecule is COc1cccc(C(N)=O)c1OCC(=O)NC(C)(C)C. The molecule has 6 nitrogen and oxygen atoms in total. The van der Waals surface area contributed by atoms with Crippen molar-refractivity contribution in [3.8, 4) is 11.5 Å². The van der Waals surface area contributed by atoms with Crippen molar-refractivity contribution in [2.45, 2.75) is 26.3 Å². The van der Waals surface area contributed by atoms with E-state index in [4.69, 9.17) is 15.2 Å². The standard InChI is InChI=1S/C14H20N2O4/c1-14(2,3)16-11(17)8-20-12-9(13(15)18)6-5-7-10(12)19-4/h5-7H,8H2,1-4H3,(H2,15,18)(H,16,17). The Kier molecular flexibility index (Phi) is 4.96. The Balaban J connectivity index is 2.86. The van der Waals surface area contributed by atoms with Crippen LogP contribution in [0.4, 0.5) is 0 Å². The van der Waals surface area contributed by atoms with Crippen LogP contribution in [0.3, 0.4) is 0 Å². The highest BCUT2D eigenvalue weighted by Gasteiger charge is 2.18. The fraction of sp³-hybridized carbons (Fsp3) is 0.429. The second-order valence-electron chi connectivity index (χ2n) is 5.29. The molecule has 1 aromatic rings. The third-order valence-corrected chi connectivity index (χ3v) is 2.33. The lowest BCUT2D eigenvalue weighted by atomic mass is 10.1. The molecule has 0 aromatic heterocycles. The molecule has 0 saturated carbocycles. The van der Waals surface area contributed by atoms with Crippen LogP contribution < -0.4 is 20.5 Å². The van der Waals surface area contributed by atoms with Gasteiger partial charge in [0.1, 0.15) is 0 Å². The maximum atomic E-state index is 11.7.